The lowest BCUT2D eigenvalue weighted by atomic mass is 10.0. The van der Waals surface area contributed by atoms with Crippen molar-refractivity contribution < 1.29 is 13.2 Å². The van der Waals surface area contributed by atoms with Crippen molar-refractivity contribution in [3.05, 3.63) is 59.7 Å². The molecule has 1 fully saturated rings. The summed E-state index contributed by atoms with van der Waals surface area (Å²) in [5, 5.41) is 6.37. The van der Waals surface area contributed by atoms with E-state index in [9.17, 15) is 13.2 Å². The lowest BCUT2D eigenvalue weighted by Gasteiger charge is -2.28. The molecule has 1 saturated heterocycles. The predicted molar refractivity (Wildman–Crippen MR) is 106 cm³/mol. The quantitative estimate of drug-likeness (QED) is 0.736. The molecular weight excluding hydrogens is 362 g/mol. The average Bonchev–Trinajstić information content (AvgIpc) is 2.64. The number of carbonyl (C=O) groups excluding carboxylic acids is 1. The first kappa shape index (κ1) is 19.4. The molecule has 0 aromatic heterocycles. The summed E-state index contributed by atoms with van der Waals surface area (Å²) in [6.07, 6.45) is 1.78. The molecule has 0 bridgehead atoms. The molecule has 2 atom stereocenters. The topological polar surface area (TPSA) is 87.3 Å². The van der Waals surface area contributed by atoms with Crippen molar-refractivity contribution in [2.45, 2.75) is 43.7 Å². The van der Waals surface area contributed by atoms with Crippen LogP contribution in [0.25, 0.3) is 0 Å². The molecule has 3 rings (SSSR count). The zero-order chi connectivity index (χ0) is 19.4. The van der Waals surface area contributed by atoms with Crippen molar-refractivity contribution >= 4 is 21.6 Å². The van der Waals surface area contributed by atoms with Crippen molar-refractivity contribution in [1.82, 2.24) is 10.6 Å². The van der Waals surface area contributed by atoms with Crippen LogP contribution >= 0.6 is 0 Å². The Morgan fingerprint density at radius 1 is 1.11 bits per heavy atom. The summed E-state index contributed by atoms with van der Waals surface area (Å²) in [5.41, 5.74) is 1.84. The zero-order valence-electron chi connectivity index (χ0n) is 15.5. The summed E-state index contributed by atoms with van der Waals surface area (Å²) in [6.45, 7) is 4.82. The molecule has 6 nitrogen and oxygen atoms in total. The summed E-state index contributed by atoms with van der Waals surface area (Å²) in [7, 11) is -3.70. The molecule has 2 unspecified atom stereocenters. The lowest BCUT2D eigenvalue weighted by Crippen LogP contribution is -2.46. The number of hydrogen-bond acceptors (Lipinski definition) is 4. The van der Waals surface area contributed by atoms with Crippen LogP contribution in [0.1, 0.15) is 35.7 Å². The molecule has 27 heavy (non-hydrogen) atoms. The average molecular weight is 388 g/mol. The summed E-state index contributed by atoms with van der Waals surface area (Å²) < 4.78 is 27.7. The van der Waals surface area contributed by atoms with Crippen molar-refractivity contribution in [3.63, 3.8) is 0 Å². The molecule has 1 heterocycles. The van der Waals surface area contributed by atoms with Crippen LogP contribution in [0.3, 0.4) is 0 Å². The van der Waals surface area contributed by atoms with Gasteiger partial charge in [-0.1, -0.05) is 18.2 Å². The lowest BCUT2D eigenvalue weighted by molar-refractivity contribution is 0.0925. The molecule has 2 aromatic carbocycles. The van der Waals surface area contributed by atoms with E-state index in [0.29, 0.717) is 17.3 Å². The van der Waals surface area contributed by atoms with Crippen LogP contribution in [0, 0.1) is 6.92 Å². The van der Waals surface area contributed by atoms with Crippen LogP contribution in [0.5, 0.6) is 0 Å². The Kier molecular flexibility index (Phi) is 5.82. The maximum absolute atomic E-state index is 12.6. The molecule has 144 valence electrons. The second kappa shape index (κ2) is 8.10. The number of aryl methyl sites for hydroxylation is 1. The highest BCUT2D eigenvalue weighted by atomic mass is 32.2. The number of carbonyl (C=O) groups is 1. The van der Waals surface area contributed by atoms with E-state index >= 15 is 0 Å². The number of anilines is 1. The van der Waals surface area contributed by atoms with Crippen LogP contribution in [0.2, 0.25) is 0 Å². The molecule has 0 spiro atoms. The van der Waals surface area contributed by atoms with E-state index < -0.39 is 10.0 Å². The second-order valence-corrected chi connectivity index (χ2v) is 8.68. The smallest absolute Gasteiger partial charge is 0.261 e. The highest BCUT2D eigenvalue weighted by molar-refractivity contribution is 7.92. The first-order valence-corrected chi connectivity index (χ1v) is 10.6. The van der Waals surface area contributed by atoms with Crippen LogP contribution in [0.15, 0.2) is 53.4 Å². The monoisotopic (exact) mass is 387 g/mol. The minimum Gasteiger partial charge on any atom is -0.349 e. The molecule has 0 aliphatic carbocycles. The Balaban J connectivity index is 1.69. The minimum atomic E-state index is -3.70. The van der Waals surface area contributed by atoms with Gasteiger partial charge >= 0.3 is 0 Å². The number of benzene rings is 2. The summed E-state index contributed by atoms with van der Waals surface area (Å²) in [5.74, 6) is -0.176. The van der Waals surface area contributed by atoms with Gasteiger partial charge in [-0.2, -0.15) is 0 Å². The third-order valence-corrected chi connectivity index (χ3v) is 6.16. The summed E-state index contributed by atoms with van der Waals surface area (Å²) in [4.78, 5) is 12.5. The van der Waals surface area contributed by atoms with Gasteiger partial charge < -0.3 is 10.6 Å². The Bertz CT molecular complexity index is 910. The number of piperidine rings is 1. The van der Waals surface area contributed by atoms with Gasteiger partial charge in [0.15, 0.2) is 0 Å². The van der Waals surface area contributed by atoms with Crippen LogP contribution in [-0.4, -0.2) is 33.0 Å². The van der Waals surface area contributed by atoms with E-state index in [1.54, 1.807) is 24.3 Å². The Labute approximate surface area is 160 Å². The van der Waals surface area contributed by atoms with Crippen molar-refractivity contribution in [3.8, 4) is 0 Å². The van der Waals surface area contributed by atoms with Gasteiger partial charge in [0, 0.05) is 17.6 Å². The number of nitrogens with one attached hydrogen (secondary N) is 3. The van der Waals surface area contributed by atoms with Gasteiger partial charge in [0.25, 0.3) is 15.9 Å². The fraction of sp³-hybridized carbons (Fsp3) is 0.350. The molecule has 2 aromatic rings. The van der Waals surface area contributed by atoms with Gasteiger partial charge in [-0.3, -0.25) is 9.52 Å². The van der Waals surface area contributed by atoms with Gasteiger partial charge in [0.1, 0.15) is 0 Å². The van der Waals surface area contributed by atoms with Crippen molar-refractivity contribution in [2.24, 2.45) is 0 Å². The predicted octanol–water partition coefficient (Wildman–Crippen LogP) is 2.67. The van der Waals surface area contributed by atoms with E-state index in [1.807, 2.05) is 19.1 Å². The van der Waals surface area contributed by atoms with E-state index in [4.69, 9.17) is 0 Å². The summed E-state index contributed by atoms with van der Waals surface area (Å²) >= 11 is 0. The maximum atomic E-state index is 12.6. The van der Waals surface area contributed by atoms with Gasteiger partial charge in [0.2, 0.25) is 0 Å². The highest BCUT2D eigenvalue weighted by Crippen LogP contribution is 2.20. The third kappa shape index (κ3) is 4.87. The Hall–Kier alpha value is -2.38. The van der Waals surface area contributed by atoms with Gasteiger partial charge in [-0.25, -0.2) is 8.42 Å². The van der Waals surface area contributed by atoms with Crippen LogP contribution < -0.4 is 15.4 Å². The number of hydrogen-bond donors (Lipinski definition) is 3. The fourth-order valence-electron chi connectivity index (χ4n) is 3.21. The molecule has 1 amide bonds. The molecule has 0 saturated carbocycles. The Morgan fingerprint density at radius 3 is 2.48 bits per heavy atom. The number of amides is 1. The molecule has 3 N–H and O–H groups in total. The normalized spacial score (nSPS) is 20.1. The Morgan fingerprint density at radius 2 is 1.81 bits per heavy atom. The second-order valence-electron chi connectivity index (χ2n) is 6.99. The molecule has 1 aliphatic heterocycles. The molecule has 0 radical (unpaired) electrons. The first-order chi connectivity index (χ1) is 12.8. The summed E-state index contributed by atoms with van der Waals surface area (Å²) in [6, 6.07) is 13.7. The van der Waals surface area contributed by atoms with Crippen molar-refractivity contribution in [1.29, 1.82) is 0 Å². The van der Waals surface area contributed by atoms with E-state index in [0.717, 1.165) is 24.9 Å². The SMILES string of the molecule is Cc1ccccc1NS(=O)(=O)c1ccc(C(=O)NC2CCNC(C)C2)cc1. The van der Waals surface area contributed by atoms with Crippen molar-refractivity contribution in [2.75, 3.05) is 11.3 Å². The minimum absolute atomic E-state index is 0.123. The highest BCUT2D eigenvalue weighted by Gasteiger charge is 2.21. The first-order valence-electron chi connectivity index (χ1n) is 9.08. The standard InChI is InChI=1S/C20H25N3O3S/c1-14-5-3-4-6-19(14)23-27(25,26)18-9-7-16(8-10-18)20(24)22-17-11-12-21-15(2)13-17/h3-10,15,17,21,23H,11-13H2,1-2H3,(H,22,24). The molecule has 7 heteroatoms. The number of para-hydroxylation sites is 1. The molecular formula is C20H25N3O3S. The van der Waals surface area contributed by atoms with E-state index in [2.05, 4.69) is 22.3 Å². The van der Waals surface area contributed by atoms with Gasteiger partial charge in [-0.15, -0.1) is 0 Å². The third-order valence-electron chi connectivity index (χ3n) is 4.78. The van der Waals surface area contributed by atoms with E-state index in [-0.39, 0.29) is 16.8 Å². The van der Waals surface area contributed by atoms with Gasteiger partial charge in [-0.05, 0) is 69.1 Å². The molecule has 1 aliphatic rings. The zero-order valence-corrected chi connectivity index (χ0v) is 16.3. The van der Waals surface area contributed by atoms with Gasteiger partial charge in [0.05, 0.1) is 10.6 Å². The maximum Gasteiger partial charge on any atom is 0.261 e. The van der Waals surface area contributed by atoms with Crippen LogP contribution in [-0.2, 0) is 10.0 Å². The van der Waals surface area contributed by atoms with E-state index in [1.165, 1.54) is 12.1 Å². The number of rotatable bonds is 5. The largest absolute Gasteiger partial charge is 0.349 e. The number of sulfonamides is 1. The fourth-order valence-corrected chi connectivity index (χ4v) is 4.34. The van der Waals surface area contributed by atoms with Crippen LogP contribution in [0.4, 0.5) is 5.69 Å².